The first-order valence-electron chi connectivity index (χ1n) is 6.86. The lowest BCUT2D eigenvalue weighted by Gasteiger charge is -2.13. The summed E-state index contributed by atoms with van der Waals surface area (Å²) in [6, 6.07) is 16.8. The van der Waals surface area contributed by atoms with Gasteiger partial charge in [0.2, 0.25) is 0 Å². The highest BCUT2D eigenvalue weighted by Gasteiger charge is 2.09. The Morgan fingerprint density at radius 3 is 2.55 bits per heavy atom. The van der Waals surface area contributed by atoms with Gasteiger partial charge >= 0.3 is 0 Å². The van der Waals surface area contributed by atoms with E-state index in [4.69, 9.17) is 23.2 Å². The number of hydrogen-bond donors (Lipinski definition) is 2. The number of fused-ring (bicyclic) bond motifs is 1. The van der Waals surface area contributed by atoms with Crippen molar-refractivity contribution in [3.63, 3.8) is 0 Å². The van der Waals surface area contributed by atoms with Crippen LogP contribution in [-0.4, -0.2) is 16.6 Å². The minimum Gasteiger partial charge on any atom is -0.387 e. The monoisotopic (exact) mass is 332 g/mol. The number of hydrogen-bond acceptors (Lipinski definition) is 3. The Morgan fingerprint density at radius 2 is 1.77 bits per heavy atom. The molecule has 0 aliphatic heterocycles. The van der Waals surface area contributed by atoms with Gasteiger partial charge in [-0.25, -0.2) is 4.98 Å². The van der Waals surface area contributed by atoms with Gasteiger partial charge in [-0.2, -0.15) is 0 Å². The Hall–Kier alpha value is -1.81. The fourth-order valence-electron chi connectivity index (χ4n) is 2.25. The number of rotatable bonds is 4. The van der Waals surface area contributed by atoms with Crippen LogP contribution in [0.1, 0.15) is 11.7 Å². The molecular formula is C17H14Cl2N2O. The van der Waals surface area contributed by atoms with E-state index in [2.05, 4.69) is 10.3 Å². The Labute approximate surface area is 138 Å². The number of benzene rings is 2. The quantitative estimate of drug-likeness (QED) is 0.681. The Morgan fingerprint density at radius 1 is 1.05 bits per heavy atom. The summed E-state index contributed by atoms with van der Waals surface area (Å²) in [5.41, 5.74) is 0.795. The van der Waals surface area contributed by atoms with Gasteiger partial charge in [0, 0.05) is 17.0 Å². The van der Waals surface area contributed by atoms with Gasteiger partial charge in [0.1, 0.15) is 11.0 Å². The molecule has 5 heteroatoms. The van der Waals surface area contributed by atoms with Crippen molar-refractivity contribution in [2.45, 2.75) is 6.10 Å². The molecule has 0 bridgehead atoms. The molecule has 0 radical (unpaired) electrons. The zero-order valence-corrected chi connectivity index (χ0v) is 13.1. The molecule has 0 aliphatic carbocycles. The number of anilines is 1. The third-order valence-corrected chi connectivity index (χ3v) is 3.97. The standard InChI is InChI=1S/C17H14Cl2N2O/c18-13-7-5-11(6-8-13)15(22)10-20-16-9-12-3-1-2-4-14(12)17(19)21-16/h1-9,15,22H,10H2,(H,20,21)/t15-/m1/s1. The molecule has 112 valence electrons. The molecule has 3 nitrogen and oxygen atoms in total. The molecule has 3 rings (SSSR count). The molecule has 0 unspecified atom stereocenters. The molecule has 0 amide bonds. The van der Waals surface area contributed by atoms with Crippen LogP contribution in [0.25, 0.3) is 10.8 Å². The first-order valence-corrected chi connectivity index (χ1v) is 7.62. The van der Waals surface area contributed by atoms with Crippen molar-refractivity contribution >= 4 is 39.8 Å². The molecular weight excluding hydrogens is 319 g/mol. The van der Waals surface area contributed by atoms with Gasteiger partial charge in [0.15, 0.2) is 0 Å². The normalized spacial score (nSPS) is 12.3. The van der Waals surface area contributed by atoms with E-state index in [-0.39, 0.29) is 0 Å². The van der Waals surface area contributed by atoms with E-state index in [1.54, 1.807) is 24.3 Å². The summed E-state index contributed by atoms with van der Waals surface area (Å²) in [5, 5.41) is 16.3. The molecule has 22 heavy (non-hydrogen) atoms. The average Bonchev–Trinajstić information content (AvgIpc) is 2.53. The molecule has 1 aromatic heterocycles. The lowest BCUT2D eigenvalue weighted by molar-refractivity contribution is 0.191. The topological polar surface area (TPSA) is 45.1 Å². The predicted octanol–water partition coefficient (Wildman–Crippen LogP) is 4.69. The molecule has 3 aromatic rings. The van der Waals surface area contributed by atoms with E-state index in [0.717, 1.165) is 16.3 Å². The van der Waals surface area contributed by atoms with Crippen LogP contribution in [0.15, 0.2) is 54.6 Å². The van der Waals surface area contributed by atoms with Crippen molar-refractivity contribution in [2.24, 2.45) is 0 Å². The number of halogens is 2. The van der Waals surface area contributed by atoms with Crippen molar-refractivity contribution in [1.82, 2.24) is 4.98 Å². The maximum atomic E-state index is 10.2. The summed E-state index contributed by atoms with van der Waals surface area (Å²) in [7, 11) is 0. The van der Waals surface area contributed by atoms with Gasteiger partial charge in [0.05, 0.1) is 6.10 Å². The SMILES string of the molecule is O[C@H](CNc1cc2ccccc2c(Cl)n1)c1ccc(Cl)cc1. The molecule has 0 saturated heterocycles. The van der Waals surface area contributed by atoms with Crippen LogP contribution >= 0.6 is 23.2 Å². The van der Waals surface area contributed by atoms with Crippen molar-refractivity contribution in [2.75, 3.05) is 11.9 Å². The van der Waals surface area contributed by atoms with Gasteiger partial charge in [-0.05, 0) is 29.1 Å². The van der Waals surface area contributed by atoms with Gasteiger partial charge in [-0.1, -0.05) is 59.6 Å². The van der Waals surface area contributed by atoms with E-state index < -0.39 is 6.10 Å². The van der Waals surface area contributed by atoms with Crippen LogP contribution in [0.3, 0.4) is 0 Å². The third-order valence-electron chi connectivity index (χ3n) is 3.43. The largest absolute Gasteiger partial charge is 0.387 e. The Bertz CT molecular complexity index is 790. The van der Waals surface area contributed by atoms with Crippen LogP contribution in [0, 0.1) is 0 Å². The minimum atomic E-state index is -0.649. The molecule has 0 fully saturated rings. The van der Waals surface area contributed by atoms with Crippen molar-refractivity contribution in [3.05, 3.63) is 70.3 Å². The highest BCUT2D eigenvalue weighted by Crippen LogP contribution is 2.25. The summed E-state index contributed by atoms with van der Waals surface area (Å²) in [6.07, 6.45) is -0.649. The summed E-state index contributed by atoms with van der Waals surface area (Å²) >= 11 is 12.0. The highest BCUT2D eigenvalue weighted by molar-refractivity contribution is 6.34. The Balaban J connectivity index is 1.74. The highest BCUT2D eigenvalue weighted by atomic mass is 35.5. The molecule has 1 atom stereocenters. The zero-order chi connectivity index (χ0) is 15.5. The van der Waals surface area contributed by atoms with Crippen molar-refractivity contribution < 1.29 is 5.11 Å². The second-order valence-electron chi connectivity index (χ2n) is 4.97. The number of aliphatic hydroxyl groups excluding tert-OH is 1. The predicted molar refractivity (Wildman–Crippen MR) is 91.7 cm³/mol. The van der Waals surface area contributed by atoms with Crippen LogP contribution in [-0.2, 0) is 0 Å². The maximum absolute atomic E-state index is 10.2. The number of pyridine rings is 1. The summed E-state index contributed by atoms with van der Waals surface area (Å²) in [5.74, 6) is 0.636. The van der Waals surface area contributed by atoms with Crippen molar-refractivity contribution in [1.29, 1.82) is 0 Å². The smallest absolute Gasteiger partial charge is 0.139 e. The van der Waals surface area contributed by atoms with Crippen LogP contribution < -0.4 is 5.32 Å². The van der Waals surface area contributed by atoms with Crippen LogP contribution in [0.5, 0.6) is 0 Å². The summed E-state index contributed by atoms with van der Waals surface area (Å²) < 4.78 is 0. The van der Waals surface area contributed by atoms with Gasteiger partial charge in [0.25, 0.3) is 0 Å². The van der Waals surface area contributed by atoms with Gasteiger partial charge in [-0.15, -0.1) is 0 Å². The van der Waals surface area contributed by atoms with Crippen LogP contribution in [0.2, 0.25) is 10.2 Å². The van der Waals surface area contributed by atoms with E-state index >= 15 is 0 Å². The first-order chi connectivity index (χ1) is 10.6. The molecule has 0 spiro atoms. The number of nitrogens with one attached hydrogen (secondary N) is 1. The molecule has 1 heterocycles. The first kappa shape index (κ1) is 15.1. The second-order valence-corrected chi connectivity index (χ2v) is 5.76. The van der Waals surface area contributed by atoms with E-state index in [1.807, 2.05) is 30.3 Å². The lowest BCUT2D eigenvalue weighted by atomic mass is 10.1. The van der Waals surface area contributed by atoms with Crippen LogP contribution in [0.4, 0.5) is 5.82 Å². The molecule has 0 aliphatic rings. The molecule has 2 N–H and O–H groups in total. The fraction of sp³-hybridized carbons (Fsp3) is 0.118. The molecule has 0 saturated carbocycles. The van der Waals surface area contributed by atoms with E-state index in [1.165, 1.54) is 0 Å². The fourth-order valence-corrected chi connectivity index (χ4v) is 2.64. The third kappa shape index (κ3) is 3.33. The lowest BCUT2D eigenvalue weighted by Crippen LogP contribution is -2.13. The number of nitrogens with zero attached hydrogens (tertiary/aromatic N) is 1. The Kier molecular flexibility index (Phi) is 4.48. The van der Waals surface area contributed by atoms with Crippen molar-refractivity contribution in [3.8, 4) is 0 Å². The summed E-state index contributed by atoms with van der Waals surface area (Å²) in [4.78, 5) is 4.30. The number of aromatic nitrogens is 1. The van der Waals surface area contributed by atoms with Gasteiger partial charge in [-0.3, -0.25) is 0 Å². The van der Waals surface area contributed by atoms with E-state index in [9.17, 15) is 5.11 Å². The summed E-state index contributed by atoms with van der Waals surface area (Å²) in [6.45, 7) is 0.337. The minimum absolute atomic E-state index is 0.337. The van der Waals surface area contributed by atoms with Gasteiger partial charge < -0.3 is 10.4 Å². The average molecular weight is 333 g/mol. The molecule has 2 aromatic carbocycles. The second kappa shape index (κ2) is 6.53. The maximum Gasteiger partial charge on any atom is 0.139 e. The number of aliphatic hydroxyl groups is 1. The zero-order valence-electron chi connectivity index (χ0n) is 11.6. The van der Waals surface area contributed by atoms with E-state index in [0.29, 0.717) is 22.5 Å².